The number of anilines is 2. The molecule has 2 N–H and O–H groups in total. The maximum Gasteiger partial charge on any atom is 0.139 e. The Morgan fingerprint density at radius 1 is 1.02 bits per heavy atom. The van der Waals surface area contributed by atoms with Crippen LogP contribution in [0.4, 0.5) is 16.0 Å². The lowest BCUT2D eigenvalue weighted by Gasteiger charge is -2.45. The molecule has 3 aliphatic heterocycles. The van der Waals surface area contributed by atoms with E-state index in [4.69, 9.17) is 4.98 Å². The van der Waals surface area contributed by atoms with Gasteiger partial charge in [-0.3, -0.25) is 0 Å². The number of likely N-dealkylation sites (N-methyl/N-ethyl adjacent to an activating group) is 1. The van der Waals surface area contributed by atoms with Crippen molar-refractivity contribution in [1.82, 2.24) is 15.2 Å². The van der Waals surface area contributed by atoms with Gasteiger partial charge >= 0.3 is 0 Å². The van der Waals surface area contributed by atoms with Crippen molar-refractivity contribution in [1.29, 1.82) is 5.26 Å². The third kappa shape index (κ3) is 4.40. The Hall–Kier alpha value is -3.93. The Morgan fingerprint density at radius 3 is 2.48 bits per heavy atom. The molecule has 0 spiro atoms. The largest absolute Gasteiger partial charge is 0.508 e. The summed E-state index contributed by atoms with van der Waals surface area (Å²) in [5.74, 6) is 1.98. The molecule has 8 rings (SSSR count). The van der Waals surface area contributed by atoms with Crippen molar-refractivity contribution < 1.29 is 9.50 Å². The molecular weight excluding hydrogens is 551 g/mol. The number of nitrogens with zero attached hydrogens (tertiary/aromatic N) is 5. The maximum absolute atomic E-state index is 17.8. The zero-order valence-corrected chi connectivity index (χ0v) is 25.5. The highest BCUT2D eigenvalue weighted by molar-refractivity contribution is 6.06. The van der Waals surface area contributed by atoms with Crippen LogP contribution in [-0.2, 0) is 6.42 Å². The number of nitriles is 1. The van der Waals surface area contributed by atoms with Crippen LogP contribution in [0.3, 0.4) is 0 Å². The van der Waals surface area contributed by atoms with Crippen LogP contribution in [0.15, 0.2) is 42.5 Å². The van der Waals surface area contributed by atoms with Gasteiger partial charge in [0.1, 0.15) is 23.2 Å². The van der Waals surface area contributed by atoms with Crippen LogP contribution in [0.1, 0.15) is 49.1 Å². The van der Waals surface area contributed by atoms with Crippen LogP contribution in [0.2, 0.25) is 0 Å². The highest BCUT2D eigenvalue weighted by Crippen LogP contribution is 2.53. The number of halogens is 1. The van der Waals surface area contributed by atoms with Gasteiger partial charge in [-0.2, -0.15) is 5.26 Å². The zero-order chi connectivity index (χ0) is 30.1. The van der Waals surface area contributed by atoms with E-state index in [2.05, 4.69) is 46.2 Å². The second-order valence-corrected chi connectivity index (χ2v) is 13.4. The number of aryl methyl sites for hydroxylation is 1. The van der Waals surface area contributed by atoms with Gasteiger partial charge in [0, 0.05) is 72.6 Å². The van der Waals surface area contributed by atoms with Crippen LogP contribution in [0.5, 0.6) is 5.75 Å². The van der Waals surface area contributed by atoms with E-state index in [9.17, 15) is 10.4 Å². The molecule has 226 valence electrons. The summed E-state index contributed by atoms with van der Waals surface area (Å²) >= 11 is 0. The van der Waals surface area contributed by atoms with Crippen LogP contribution >= 0.6 is 0 Å². The molecule has 3 aromatic carbocycles. The minimum atomic E-state index is -0.245. The van der Waals surface area contributed by atoms with Gasteiger partial charge in [-0.05, 0) is 92.2 Å². The molecule has 2 atom stereocenters. The first-order chi connectivity index (χ1) is 21.4. The van der Waals surface area contributed by atoms with Crippen LogP contribution in [0.25, 0.3) is 32.7 Å². The molecule has 44 heavy (non-hydrogen) atoms. The smallest absolute Gasteiger partial charge is 0.139 e. The first-order valence-electron chi connectivity index (χ1n) is 16.1. The van der Waals surface area contributed by atoms with E-state index in [1.54, 1.807) is 12.1 Å². The lowest BCUT2D eigenvalue weighted by Crippen LogP contribution is -2.58. The lowest BCUT2D eigenvalue weighted by molar-refractivity contribution is 0.246. The van der Waals surface area contributed by atoms with E-state index >= 15 is 4.39 Å². The molecule has 4 fully saturated rings. The topological polar surface area (TPSA) is 78.7 Å². The number of fused-ring (bicyclic) bond motifs is 4. The molecular formula is C36H39FN6O. The standard InChI is InChI=1S/C36H39FN6O/c1-41(2)26-19-42(20-26)36-32(21-9-10-21)33-30(35(40-36)43-24-11-12-25(43)18-39-17-24)15-23(7-5-13-38)31(34(33)37)29-16-27(44)14-22-6-3-4-8-28(22)29/h3-4,6,8,14-16,21,24-26,39,44H,5,7,9-12,17-20H2,1-2H3. The third-order valence-electron chi connectivity index (χ3n) is 10.4. The van der Waals surface area contributed by atoms with E-state index < -0.39 is 0 Å². The van der Waals surface area contributed by atoms with Crippen molar-refractivity contribution in [3.05, 3.63) is 59.4 Å². The fourth-order valence-corrected chi connectivity index (χ4v) is 7.93. The SMILES string of the molecule is CN(C)C1CN(c2nc(N3C4CCC3CNC4)c3cc(CCC#N)c(-c4cc(O)cc5ccccc45)c(F)c3c2C2CC2)C1. The molecule has 1 saturated carbocycles. The molecule has 2 bridgehead atoms. The molecule has 8 heteroatoms. The molecule has 3 saturated heterocycles. The Balaban J connectivity index is 1.44. The number of piperazine rings is 1. The summed E-state index contributed by atoms with van der Waals surface area (Å²) in [4.78, 5) is 12.6. The Bertz CT molecular complexity index is 1810. The molecule has 4 aromatic rings. The second kappa shape index (κ2) is 10.6. The fourth-order valence-electron chi connectivity index (χ4n) is 7.93. The number of hydrogen-bond acceptors (Lipinski definition) is 7. The Morgan fingerprint density at radius 2 is 1.77 bits per heavy atom. The number of aromatic hydroxyl groups is 1. The van der Waals surface area contributed by atoms with Crippen molar-refractivity contribution in [3.63, 3.8) is 0 Å². The van der Waals surface area contributed by atoms with Gasteiger partial charge in [-0.1, -0.05) is 24.3 Å². The first-order valence-corrected chi connectivity index (χ1v) is 16.1. The first kappa shape index (κ1) is 27.6. The minimum Gasteiger partial charge on any atom is -0.508 e. The van der Waals surface area contributed by atoms with Gasteiger partial charge in [0.2, 0.25) is 0 Å². The van der Waals surface area contributed by atoms with Crippen LogP contribution < -0.4 is 15.1 Å². The van der Waals surface area contributed by atoms with Crippen LogP contribution in [0, 0.1) is 17.1 Å². The van der Waals surface area contributed by atoms with Crippen molar-refractivity contribution in [2.75, 3.05) is 50.1 Å². The van der Waals surface area contributed by atoms with Gasteiger partial charge in [-0.15, -0.1) is 0 Å². The molecule has 7 nitrogen and oxygen atoms in total. The monoisotopic (exact) mass is 590 g/mol. The van der Waals surface area contributed by atoms with E-state index in [0.29, 0.717) is 41.1 Å². The van der Waals surface area contributed by atoms with E-state index in [1.807, 2.05) is 24.3 Å². The summed E-state index contributed by atoms with van der Waals surface area (Å²) in [6.07, 6.45) is 4.98. The normalized spacial score (nSPS) is 21.8. The number of aromatic nitrogens is 1. The highest BCUT2D eigenvalue weighted by Gasteiger charge is 2.42. The second-order valence-electron chi connectivity index (χ2n) is 13.4. The minimum absolute atomic E-state index is 0.107. The number of rotatable bonds is 7. The molecule has 4 heterocycles. The average molecular weight is 591 g/mol. The zero-order valence-electron chi connectivity index (χ0n) is 25.5. The summed E-state index contributed by atoms with van der Waals surface area (Å²) in [6, 6.07) is 16.8. The van der Waals surface area contributed by atoms with Gasteiger partial charge < -0.3 is 25.1 Å². The van der Waals surface area contributed by atoms with Crippen molar-refractivity contribution in [3.8, 4) is 22.9 Å². The molecule has 1 aliphatic carbocycles. The number of benzene rings is 3. The number of phenolic OH excluding ortho intramolecular Hbond substituents is 1. The van der Waals surface area contributed by atoms with Crippen LogP contribution in [-0.4, -0.2) is 73.4 Å². The van der Waals surface area contributed by atoms with Gasteiger partial charge in [0.25, 0.3) is 0 Å². The number of phenols is 1. The Labute approximate surface area is 257 Å². The van der Waals surface area contributed by atoms with Gasteiger partial charge in [-0.25, -0.2) is 9.37 Å². The van der Waals surface area contributed by atoms with E-state index in [-0.39, 0.29) is 23.9 Å². The van der Waals surface area contributed by atoms with E-state index in [0.717, 1.165) is 90.8 Å². The third-order valence-corrected chi connectivity index (χ3v) is 10.4. The van der Waals surface area contributed by atoms with Gasteiger partial charge in [0.05, 0.1) is 6.07 Å². The van der Waals surface area contributed by atoms with E-state index in [1.165, 1.54) is 0 Å². The molecule has 1 aromatic heterocycles. The number of hydrogen-bond donors (Lipinski definition) is 2. The highest BCUT2D eigenvalue weighted by atomic mass is 19.1. The fraction of sp³-hybridized carbons (Fsp3) is 0.444. The summed E-state index contributed by atoms with van der Waals surface area (Å²) in [5.41, 5.74) is 3.01. The number of pyridine rings is 1. The lowest BCUT2D eigenvalue weighted by atomic mass is 9.87. The molecule has 0 amide bonds. The maximum atomic E-state index is 17.8. The quantitative estimate of drug-likeness (QED) is 0.277. The predicted molar refractivity (Wildman–Crippen MR) is 174 cm³/mol. The van der Waals surface area contributed by atoms with Gasteiger partial charge in [0.15, 0.2) is 0 Å². The number of nitrogens with one attached hydrogen (secondary N) is 1. The Kier molecular flexibility index (Phi) is 6.65. The van der Waals surface area contributed by atoms with Crippen molar-refractivity contribution in [2.24, 2.45) is 0 Å². The summed E-state index contributed by atoms with van der Waals surface area (Å²) in [5, 5.41) is 27.3. The average Bonchev–Trinajstić information content (AvgIpc) is 3.79. The summed E-state index contributed by atoms with van der Waals surface area (Å²) in [7, 11) is 4.24. The molecule has 2 unspecified atom stereocenters. The van der Waals surface area contributed by atoms with Crippen molar-refractivity contribution in [2.45, 2.75) is 62.6 Å². The predicted octanol–water partition coefficient (Wildman–Crippen LogP) is 5.92. The molecule has 0 radical (unpaired) electrons. The van der Waals surface area contributed by atoms with Crippen molar-refractivity contribution >= 4 is 33.2 Å². The molecule has 4 aliphatic rings. The summed E-state index contributed by atoms with van der Waals surface area (Å²) in [6.45, 7) is 3.57. The summed E-state index contributed by atoms with van der Waals surface area (Å²) < 4.78 is 17.8.